The molecule has 0 aromatic heterocycles. The Morgan fingerprint density at radius 3 is 2.19 bits per heavy atom. The molecule has 0 heterocycles. The normalized spacial score (nSPS) is 10.6. The van der Waals surface area contributed by atoms with Gasteiger partial charge < -0.3 is 5.32 Å². The summed E-state index contributed by atoms with van der Waals surface area (Å²) in [6.07, 6.45) is 8.51. The van der Waals surface area contributed by atoms with Crippen LogP contribution in [0.15, 0.2) is 41.8 Å². The van der Waals surface area contributed by atoms with Crippen LogP contribution >= 0.6 is 0 Å². The van der Waals surface area contributed by atoms with Gasteiger partial charge in [-0.15, -0.1) is 6.58 Å². The highest BCUT2D eigenvalue weighted by atomic mass is 32.2. The van der Waals surface area contributed by atoms with E-state index < -0.39 is 10.1 Å². The van der Waals surface area contributed by atoms with E-state index in [1.807, 2.05) is 20.0 Å². The summed E-state index contributed by atoms with van der Waals surface area (Å²) in [6, 6.07) is 5.99. The molecule has 1 rings (SSSR count). The van der Waals surface area contributed by atoms with Crippen molar-refractivity contribution in [3.63, 3.8) is 0 Å². The van der Waals surface area contributed by atoms with Crippen molar-refractivity contribution in [2.75, 3.05) is 13.6 Å². The average molecular weight is 313 g/mol. The molecule has 4 nitrogen and oxygen atoms in total. The van der Waals surface area contributed by atoms with Crippen molar-refractivity contribution in [3.05, 3.63) is 42.5 Å². The molecule has 0 unspecified atom stereocenters. The highest BCUT2D eigenvalue weighted by molar-refractivity contribution is 7.85. The lowest BCUT2D eigenvalue weighted by Crippen LogP contribution is -2.06. The quantitative estimate of drug-likeness (QED) is 0.437. The number of benzene rings is 1. The minimum atomic E-state index is -4.02. The molecule has 21 heavy (non-hydrogen) atoms. The zero-order valence-corrected chi connectivity index (χ0v) is 13.8. The molecule has 120 valence electrons. The zero-order chi connectivity index (χ0) is 16.1. The van der Waals surface area contributed by atoms with Gasteiger partial charge in [0.05, 0.1) is 4.90 Å². The Morgan fingerprint density at radius 2 is 1.71 bits per heavy atom. The number of rotatable bonds is 8. The second-order valence-corrected chi connectivity index (χ2v) is 6.30. The fourth-order valence-electron chi connectivity index (χ4n) is 1.65. The maximum absolute atomic E-state index is 10.5. The molecule has 1 aromatic carbocycles. The van der Waals surface area contributed by atoms with Gasteiger partial charge in [-0.05, 0) is 51.9 Å². The molecule has 0 radical (unpaired) electrons. The van der Waals surface area contributed by atoms with Crippen molar-refractivity contribution >= 4 is 10.1 Å². The van der Waals surface area contributed by atoms with E-state index in [2.05, 4.69) is 11.9 Å². The van der Waals surface area contributed by atoms with E-state index in [0.29, 0.717) is 0 Å². The van der Waals surface area contributed by atoms with Crippen LogP contribution in [0.4, 0.5) is 0 Å². The summed E-state index contributed by atoms with van der Waals surface area (Å²) < 4.78 is 29.6. The fraction of sp³-hybridized carbons (Fsp3) is 0.500. The number of allylic oxidation sites excluding steroid dienone is 1. The summed E-state index contributed by atoms with van der Waals surface area (Å²) in [6.45, 7) is 6.68. The van der Waals surface area contributed by atoms with Gasteiger partial charge in [0.1, 0.15) is 0 Å². The topological polar surface area (TPSA) is 66.4 Å². The SMILES string of the molecule is C=CCCCCCCNC.Cc1ccc(S(=O)(=O)O)cc1. The third-order valence-electron chi connectivity index (χ3n) is 2.90. The van der Waals surface area contributed by atoms with Crippen LogP contribution in [0.25, 0.3) is 0 Å². The Bertz CT molecular complexity index is 481. The molecule has 5 heteroatoms. The first-order valence-corrected chi connectivity index (χ1v) is 8.65. The third kappa shape index (κ3) is 11.2. The van der Waals surface area contributed by atoms with Gasteiger partial charge in [-0.25, -0.2) is 0 Å². The maximum atomic E-state index is 10.5. The molecular formula is C16H27NO3S. The minimum Gasteiger partial charge on any atom is -0.320 e. The molecule has 0 saturated heterocycles. The molecule has 1 aromatic rings. The van der Waals surface area contributed by atoms with Crippen molar-refractivity contribution in [2.24, 2.45) is 0 Å². The molecule has 0 aliphatic rings. The summed E-state index contributed by atoms with van der Waals surface area (Å²) in [5, 5.41) is 3.14. The van der Waals surface area contributed by atoms with E-state index in [0.717, 1.165) is 12.1 Å². The van der Waals surface area contributed by atoms with Crippen molar-refractivity contribution in [2.45, 2.75) is 43.9 Å². The molecule has 0 aliphatic carbocycles. The highest BCUT2D eigenvalue weighted by Gasteiger charge is 2.06. The largest absolute Gasteiger partial charge is 0.320 e. The second kappa shape index (κ2) is 11.5. The van der Waals surface area contributed by atoms with E-state index in [4.69, 9.17) is 4.55 Å². The molecule has 0 amide bonds. The van der Waals surface area contributed by atoms with Crippen LogP contribution in [-0.2, 0) is 10.1 Å². The van der Waals surface area contributed by atoms with Gasteiger partial charge in [0.15, 0.2) is 0 Å². The zero-order valence-electron chi connectivity index (χ0n) is 13.0. The standard InChI is InChI=1S/C9H19N.C7H8O3S/c1-3-4-5-6-7-8-9-10-2;1-6-2-4-7(5-3-6)11(8,9)10/h3,10H,1,4-9H2,2H3;2-5H,1H3,(H,8,9,10). The van der Waals surface area contributed by atoms with Gasteiger partial charge in [0.2, 0.25) is 0 Å². The molecule has 2 N–H and O–H groups in total. The van der Waals surface area contributed by atoms with E-state index in [1.54, 1.807) is 12.1 Å². The Kier molecular flexibility index (Phi) is 10.8. The summed E-state index contributed by atoms with van der Waals surface area (Å²) in [4.78, 5) is -0.0666. The molecular weight excluding hydrogens is 286 g/mol. The lowest BCUT2D eigenvalue weighted by molar-refractivity contribution is 0.483. The van der Waals surface area contributed by atoms with Crippen LogP contribution in [0, 0.1) is 6.92 Å². The Balaban J connectivity index is 0.000000384. The Morgan fingerprint density at radius 1 is 1.14 bits per heavy atom. The molecule has 0 bridgehead atoms. The summed E-state index contributed by atoms with van der Waals surface area (Å²) in [7, 11) is -2.02. The van der Waals surface area contributed by atoms with E-state index in [1.165, 1.54) is 44.2 Å². The number of hydrogen-bond acceptors (Lipinski definition) is 3. The van der Waals surface area contributed by atoms with E-state index in [-0.39, 0.29) is 4.90 Å². The summed E-state index contributed by atoms with van der Waals surface area (Å²) >= 11 is 0. The summed E-state index contributed by atoms with van der Waals surface area (Å²) in [5.74, 6) is 0. The van der Waals surface area contributed by atoms with Crippen molar-refractivity contribution in [3.8, 4) is 0 Å². The van der Waals surface area contributed by atoms with Crippen molar-refractivity contribution in [1.82, 2.24) is 5.32 Å². The van der Waals surface area contributed by atoms with Crippen molar-refractivity contribution < 1.29 is 13.0 Å². The fourth-order valence-corrected chi connectivity index (χ4v) is 2.13. The predicted octanol–water partition coefficient (Wildman–Crippen LogP) is 3.58. The molecule has 0 aliphatic heterocycles. The molecule has 0 atom stereocenters. The lowest BCUT2D eigenvalue weighted by atomic mass is 10.1. The molecule has 0 saturated carbocycles. The molecule has 0 spiro atoms. The summed E-state index contributed by atoms with van der Waals surface area (Å²) in [5.41, 5.74) is 0.956. The van der Waals surface area contributed by atoms with Crippen LogP contribution in [-0.4, -0.2) is 26.6 Å². The Labute approximate surface area is 129 Å². The van der Waals surface area contributed by atoms with Gasteiger partial charge in [0, 0.05) is 0 Å². The van der Waals surface area contributed by atoms with Gasteiger partial charge in [-0.1, -0.05) is 36.6 Å². The number of aryl methyl sites for hydroxylation is 1. The Hall–Kier alpha value is -1.17. The number of nitrogens with one attached hydrogen (secondary N) is 1. The van der Waals surface area contributed by atoms with Gasteiger partial charge >= 0.3 is 0 Å². The van der Waals surface area contributed by atoms with Crippen LogP contribution in [0.2, 0.25) is 0 Å². The van der Waals surface area contributed by atoms with Crippen LogP contribution in [0.1, 0.15) is 37.7 Å². The van der Waals surface area contributed by atoms with Crippen LogP contribution in [0.3, 0.4) is 0 Å². The number of unbranched alkanes of at least 4 members (excludes halogenated alkanes) is 4. The first kappa shape index (κ1) is 19.8. The average Bonchev–Trinajstić information content (AvgIpc) is 2.43. The predicted molar refractivity (Wildman–Crippen MR) is 88.2 cm³/mol. The minimum absolute atomic E-state index is 0.0666. The first-order valence-electron chi connectivity index (χ1n) is 7.21. The van der Waals surface area contributed by atoms with Crippen LogP contribution in [0.5, 0.6) is 0 Å². The maximum Gasteiger partial charge on any atom is 0.294 e. The lowest BCUT2D eigenvalue weighted by Gasteiger charge is -1.97. The second-order valence-electron chi connectivity index (χ2n) is 4.88. The van der Waals surface area contributed by atoms with E-state index in [9.17, 15) is 8.42 Å². The molecule has 0 fully saturated rings. The highest BCUT2D eigenvalue weighted by Crippen LogP contribution is 2.08. The first-order chi connectivity index (χ1) is 9.91. The van der Waals surface area contributed by atoms with Gasteiger partial charge in [-0.2, -0.15) is 8.42 Å². The smallest absolute Gasteiger partial charge is 0.294 e. The monoisotopic (exact) mass is 313 g/mol. The van der Waals surface area contributed by atoms with Gasteiger partial charge in [0.25, 0.3) is 10.1 Å². The van der Waals surface area contributed by atoms with Crippen LogP contribution < -0.4 is 5.32 Å². The number of hydrogen-bond donors (Lipinski definition) is 2. The van der Waals surface area contributed by atoms with E-state index >= 15 is 0 Å². The van der Waals surface area contributed by atoms with Crippen molar-refractivity contribution in [1.29, 1.82) is 0 Å². The third-order valence-corrected chi connectivity index (χ3v) is 3.77. The van der Waals surface area contributed by atoms with Gasteiger partial charge in [-0.3, -0.25) is 4.55 Å².